The average molecular weight is 431 g/mol. The molecule has 1 aromatic heterocycles. The number of hydrogen-bond acceptors (Lipinski definition) is 2. The largest absolute Gasteiger partial charge is 0.276 e. The van der Waals surface area contributed by atoms with E-state index >= 15 is 0 Å². The Kier molecular flexibility index (Phi) is 12.3. The summed E-state index contributed by atoms with van der Waals surface area (Å²) in [6.45, 7) is 4.29. The molecule has 0 aliphatic rings. The summed E-state index contributed by atoms with van der Waals surface area (Å²) in [5.41, 5.74) is 3.59. The van der Waals surface area contributed by atoms with Crippen molar-refractivity contribution in [3.8, 4) is 0 Å². The van der Waals surface area contributed by atoms with Crippen LogP contribution in [-0.2, 0) is 19.9 Å². The van der Waals surface area contributed by atoms with Crippen molar-refractivity contribution in [2.45, 2.75) is 71.6 Å². The zero-order valence-corrected chi connectivity index (χ0v) is 18.3. The lowest BCUT2D eigenvalue weighted by Crippen LogP contribution is -1.97. The third-order valence-electron chi connectivity index (χ3n) is 4.40. The van der Waals surface area contributed by atoms with Gasteiger partial charge in [-0.15, -0.1) is 0 Å². The Labute approximate surface area is 165 Å². The van der Waals surface area contributed by atoms with Crippen LogP contribution in [0, 0.1) is 6.92 Å². The molecule has 25 heavy (non-hydrogen) atoms. The van der Waals surface area contributed by atoms with Crippen molar-refractivity contribution >= 4 is 28.1 Å². The Bertz CT molecular complexity index is 559. The molecule has 0 aliphatic heterocycles. The molecule has 2 nitrogen and oxygen atoms in total. The molecule has 5 heteroatoms. The summed E-state index contributed by atoms with van der Waals surface area (Å²) in [7, 11) is 1.93. The monoisotopic (exact) mass is 430 g/mol. The molecule has 142 valence electrons. The number of aryl methyl sites for hydroxylation is 3. The van der Waals surface area contributed by atoms with Crippen molar-refractivity contribution in [1.29, 1.82) is 0 Å². The predicted octanol–water partition coefficient (Wildman–Crippen LogP) is 7.07. The molecule has 0 fully saturated rings. The Balaban J connectivity index is 2.90. The summed E-state index contributed by atoms with van der Waals surface area (Å²) in [6, 6.07) is 2.15. The molecule has 0 bridgehead atoms. The first kappa shape index (κ1) is 22.5. The fraction of sp³-hybridized carbons (Fsp3) is 0.650. The summed E-state index contributed by atoms with van der Waals surface area (Å²) in [4.78, 5) is 0. The molecule has 0 saturated heterocycles. The van der Waals surface area contributed by atoms with E-state index in [9.17, 15) is 3.89 Å². The van der Waals surface area contributed by atoms with E-state index in [-0.39, 0.29) is 0 Å². The molecular formula is C20H32BrFN2S. The van der Waals surface area contributed by atoms with Crippen molar-refractivity contribution in [1.82, 2.24) is 9.78 Å². The van der Waals surface area contributed by atoms with E-state index in [4.69, 9.17) is 0 Å². The van der Waals surface area contributed by atoms with Crippen molar-refractivity contribution in [2.75, 3.05) is 5.75 Å². The van der Waals surface area contributed by atoms with Crippen molar-refractivity contribution in [3.63, 3.8) is 0 Å². The number of rotatable bonds is 11. The minimum absolute atomic E-state index is 0.412. The highest BCUT2D eigenvalue weighted by Crippen LogP contribution is 2.25. The summed E-state index contributed by atoms with van der Waals surface area (Å²) < 4.78 is 15.6. The average Bonchev–Trinajstić information content (AvgIpc) is 2.65. The fourth-order valence-electron chi connectivity index (χ4n) is 2.87. The Morgan fingerprint density at radius 3 is 2.48 bits per heavy atom. The van der Waals surface area contributed by atoms with Crippen LogP contribution in [0.3, 0.4) is 0 Å². The van der Waals surface area contributed by atoms with Crippen molar-refractivity contribution in [2.24, 2.45) is 7.05 Å². The second-order valence-corrected chi connectivity index (χ2v) is 7.99. The molecule has 1 heterocycles. The van der Waals surface area contributed by atoms with Crippen molar-refractivity contribution in [3.05, 3.63) is 39.6 Å². The van der Waals surface area contributed by atoms with E-state index in [1.165, 1.54) is 56.1 Å². The molecule has 1 rings (SSSR count). The quantitative estimate of drug-likeness (QED) is 0.349. The number of unbranched alkanes of at least 4 members (excludes halogenated alkanes) is 6. The molecule has 0 atom stereocenters. The topological polar surface area (TPSA) is 17.8 Å². The highest BCUT2D eigenvalue weighted by atomic mass is 79.9. The van der Waals surface area contributed by atoms with E-state index in [1.54, 1.807) is 0 Å². The fourth-order valence-corrected chi connectivity index (χ4v) is 3.70. The van der Waals surface area contributed by atoms with Crippen LogP contribution in [0.1, 0.15) is 68.6 Å². The standard InChI is InChI=1S/C20H32BrFN2S/c1-4-5-6-7-8-9-10-11-18-12-14-24(3)23-16-17(2)20(21)19(18)13-15-25-22/h12,14,16H,4-11,13,15H2,1-3H3. The number of nitrogens with zero attached hydrogens (tertiary/aromatic N) is 2. The highest BCUT2D eigenvalue weighted by molar-refractivity contribution is 9.10. The van der Waals surface area contributed by atoms with Crippen LogP contribution in [0.4, 0.5) is 3.89 Å². The second-order valence-electron chi connectivity index (χ2n) is 6.57. The van der Waals surface area contributed by atoms with Crippen LogP contribution in [0.15, 0.2) is 22.9 Å². The molecule has 0 aromatic carbocycles. The van der Waals surface area contributed by atoms with Gasteiger partial charge in [-0.3, -0.25) is 4.68 Å². The predicted molar refractivity (Wildman–Crippen MR) is 112 cm³/mol. The van der Waals surface area contributed by atoms with Crippen LogP contribution < -0.4 is 0 Å². The van der Waals surface area contributed by atoms with Crippen LogP contribution in [-0.4, -0.2) is 15.5 Å². The van der Waals surface area contributed by atoms with Gasteiger partial charge in [0.1, 0.15) is 0 Å². The summed E-state index contributed by atoms with van der Waals surface area (Å²) in [6.07, 6.45) is 14.7. The third-order valence-corrected chi connectivity index (χ3v) is 5.87. The molecule has 0 unspecified atom stereocenters. The van der Waals surface area contributed by atoms with E-state index in [0.717, 1.165) is 22.9 Å². The number of hydrogen-bond donors (Lipinski definition) is 0. The van der Waals surface area contributed by atoms with Gasteiger partial charge >= 0.3 is 0 Å². The van der Waals surface area contributed by atoms with Crippen LogP contribution in [0.2, 0.25) is 0 Å². The zero-order chi connectivity index (χ0) is 18.5. The van der Waals surface area contributed by atoms with Gasteiger partial charge in [0.2, 0.25) is 0 Å². The lowest BCUT2D eigenvalue weighted by molar-refractivity contribution is 0.588. The maximum absolute atomic E-state index is 12.7. The van der Waals surface area contributed by atoms with E-state index < -0.39 is 0 Å². The van der Waals surface area contributed by atoms with Gasteiger partial charge in [-0.05, 0) is 48.9 Å². The molecule has 0 amide bonds. The van der Waals surface area contributed by atoms with Gasteiger partial charge in [-0.1, -0.05) is 61.4 Å². The van der Waals surface area contributed by atoms with Crippen LogP contribution >= 0.6 is 28.1 Å². The maximum atomic E-state index is 12.7. The lowest BCUT2D eigenvalue weighted by Gasteiger charge is -2.10. The summed E-state index contributed by atoms with van der Waals surface area (Å²) in [5.74, 6) is 0.485. The number of halogens is 2. The lowest BCUT2D eigenvalue weighted by atomic mass is 10.00. The highest BCUT2D eigenvalue weighted by Gasteiger charge is 2.08. The maximum Gasteiger partial charge on any atom is 0.0514 e. The van der Waals surface area contributed by atoms with Gasteiger partial charge in [0.15, 0.2) is 0 Å². The van der Waals surface area contributed by atoms with E-state index in [0.29, 0.717) is 17.9 Å². The minimum Gasteiger partial charge on any atom is -0.276 e. The minimum atomic E-state index is 0.412. The summed E-state index contributed by atoms with van der Waals surface area (Å²) in [5, 5.41) is 4.39. The second kappa shape index (κ2) is 13.6. The van der Waals surface area contributed by atoms with Gasteiger partial charge in [0, 0.05) is 35.6 Å². The Hall–Kier alpha value is -0.550. The van der Waals surface area contributed by atoms with Gasteiger partial charge in [-0.2, -0.15) is 8.98 Å². The zero-order valence-electron chi connectivity index (χ0n) is 15.9. The SMILES string of the molecule is CCCCCCCCCc1ccn(C)ncc(C)c(Br)c1CCSF. The first-order valence-corrected chi connectivity index (χ1v) is 11.0. The molecular weight excluding hydrogens is 399 g/mol. The smallest absolute Gasteiger partial charge is 0.0514 e. The Morgan fingerprint density at radius 2 is 1.80 bits per heavy atom. The molecule has 0 spiro atoms. The van der Waals surface area contributed by atoms with Gasteiger partial charge in [0.25, 0.3) is 0 Å². The Morgan fingerprint density at radius 1 is 1.12 bits per heavy atom. The van der Waals surface area contributed by atoms with Crippen molar-refractivity contribution < 1.29 is 3.89 Å². The molecule has 0 radical (unpaired) electrons. The first-order valence-electron chi connectivity index (χ1n) is 9.37. The van der Waals surface area contributed by atoms with Gasteiger partial charge in [-0.25, -0.2) is 0 Å². The van der Waals surface area contributed by atoms with E-state index in [1.807, 2.05) is 31.0 Å². The normalized spacial score (nSPS) is 10.8. The van der Waals surface area contributed by atoms with E-state index in [2.05, 4.69) is 34.0 Å². The van der Waals surface area contributed by atoms with Crippen LogP contribution in [0.5, 0.6) is 0 Å². The molecule has 0 aliphatic carbocycles. The number of aromatic nitrogens is 2. The van der Waals surface area contributed by atoms with Gasteiger partial charge in [0.05, 0.1) is 6.20 Å². The molecule has 0 saturated carbocycles. The van der Waals surface area contributed by atoms with Crippen LogP contribution in [0.25, 0.3) is 0 Å². The first-order chi connectivity index (χ1) is 12.1. The third kappa shape index (κ3) is 9.09. The molecule has 0 N–H and O–H groups in total. The van der Waals surface area contributed by atoms with Gasteiger partial charge < -0.3 is 0 Å². The molecule has 1 aromatic rings. The summed E-state index contributed by atoms with van der Waals surface area (Å²) >= 11 is 4.14.